The fraction of sp³-hybridized carbons (Fsp3) is 0.211. The summed E-state index contributed by atoms with van der Waals surface area (Å²) in [6, 6.07) is 10.9. The van der Waals surface area contributed by atoms with E-state index < -0.39 is 0 Å². The minimum Gasteiger partial charge on any atom is -0.488 e. The van der Waals surface area contributed by atoms with Crippen molar-refractivity contribution >= 4 is 5.91 Å². The van der Waals surface area contributed by atoms with E-state index in [1.54, 1.807) is 24.5 Å². The van der Waals surface area contributed by atoms with Crippen LogP contribution in [0.15, 0.2) is 53.3 Å². The van der Waals surface area contributed by atoms with Gasteiger partial charge in [-0.3, -0.25) is 9.78 Å². The van der Waals surface area contributed by atoms with Crippen molar-refractivity contribution in [1.29, 1.82) is 0 Å². The number of nitrogens with one attached hydrogen (secondary N) is 1. The lowest BCUT2D eigenvalue weighted by molar-refractivity contribution is 0.0946. The highest BCUT2D eigenvalue weighted by atomic mass is 16.5. The van der Waals surface area contributed by atoms with E-state index in [-0.39, 0.29) is 5.91 Å². The first-order valence-corrected chi connectivity index (χ1v) is 7.96. The van der Waals surface area contributed by atoms with Gasteiger partial charge in [-0.05, 0) is 43.7 Å². The summed E-state index contributed by atoms with van der Waals surface area (Å²) < 4.78 is 11.0. The highest BCUT2D eigenvalue weighted by molar-refractivity contribution is 5.96. The van der Waals surface area contributed by atoms with Crippen molar-refractivity contribution in [3.05, 3.63) is 76.9 Å². The monoisotopic (exact) mass is 337 g/mol. The second-order valence-electron chi connectivity index (χ2n) is 5.63. The maximum atomic E-state index is 12.5. The molecule has 0 radical (unpaired) electrons. The van der Waals surface area contributed by atoms with Crippen molar-refractivity contribution in [3.8, 4) is 5.75 Å². The summed E-state index contributed by atoms with van der Waals surface area (Å²) in [5.74, 6) is 1.05. The number of aromatic nitrogens is 2. The van der Waals surface area contributed by atoms with E-state index in [0.29, 0.717) is 24.5 Å². The number of hydrogen-bond donors (Lipinski definition) is 1. The third kappa shape index (κ3) is 4.03. The topological polar surface area (TPSA) is 77.2 Å². The summed E-state index contributed by atoms with van der Waals surface area (Å²) in [5, 5.41) is 6.80. The van der Waals surface area contributed by atoms with Crippen LogP contribution in [0.4, 0.5) is 0 Å². The van der Waals surface area contributed by atoms with Gasteiger partial charge in [-0.1, -0.05) is 17.3 Å². The SMILES string of the molecule is Cc1noc(C)c1COc1ccccc1C(=O)NCc1ccncc1. The van der Waals surface area contributed by atoms with Gasteiger partial charge in [0.05, 0.1) is 16.8 Å². The Bertz CT molecular complexity index is 840. The van der Waals surface area contributed by atoms with Crippen LogP contribution in [0.25, 0.3) is 0 Å². The van der Waals surface area contributed by atoms with Crippen LogP contribution in [0.5, 0.6) is 5.75 Å². The average molecular weight is 337 g/mol. The van der Waals surface area contributed by atoms with Gasteiger partial charge in [-0.25, -0.2) is 0 Å². The van der Waals surface area contributed by atoms with Gasteiger partial charge in [0.1, 0.15) is 18.1 Å². The Hall–Kier alpha value is -3.15. The zero-order chi connectivity index (χ0) is 17.6. The number of aryl methyl sites for hydroxylation is 2. The molecular weight excluding hydrogens is 318 g/mol. The number of amides is 1. The van der Waals surface area contributed by atoms with Gasteiger partial charge >= 0.3 is 0 Å². The standard InChI is InChI=1S/C19H19N3O3/c1-13-17(14(2)25-22-13)12-24-18-6-4-3-5-16(18)19(23)21-11-15-7-9-20-10-8-15/h3-10H,11-12H2,1-2H3,(H,21,23). The molecule has 128 valence electrons. The fourth-order valence-corrected chi connectivity index (χ4v) is 2.42. The minimum atomic E-state index is -0.189. The molecule has 0 spiro atoms. The van der Waals surface area contributed by atoms with Gasteiger partial charge in [-0.2, -0.15) is 0 Å². The molecule has 1 N–H and O–H groups in total. The van der Waals surface area contributed by atoms with Crippen molar-refractivity contribution in [2.45, 2.75) is 27.0 Å². The van der Waals surface area contributed by atoms with Crippen LogP contribution >= 0.6 is 0 Å². The number of hydrogen-bond acceptors (Lipinski definition) is 5. The van der Waals surface area contributed by atoms with Crippen LogP contribution in [0.2, 0.25) is 0 Å². The molecule has 0 unspecified atom stereocenters. The second-order valence-corrected chi connectivity index (χ2v) is 5.63. The Balaban J connectivity index is 1.69. The van der Waals surface area contributed by atoms with Crippen LogP contribution in [-0.2, 0) is 13.2 Å². The average Bonchev–Trinajstić information content (AvgIpc) is 2.97. The number of carbonyl (C=O) groups is 1. The van der Waals surface area contributed by atoms with Crippen LogP contribution in [0.3, 0.4) is 0 Å². The predicted octanol–water partition coefficient (Wildman–Crippen LogP) is 3.20. The largest absolute Gasteiger partial charge is 0.488 e. The van der Waals surface area contributed by atoms with Gasteiger partial charge < -0.3 is 14.6 Å². The molecule has 6 heteroatoms. The van der Waals surface area contributed by atoms with E-state index >= 15 is 0 Å². The quantitative estimate of drug-likeness (QED) is 0.747. The number of carbonyl (C=O) groups excluding carboxylic acids is 1. The smallest absolute Gasteiger partial charge is 0.255 e. The molecular formula is C19H19N3O3. The molecule has 0 saturated heterocycles. The molecule has 2 aromatic heterocycles. The Kier molecular flexibility index (Phi) is 5.09. The Labute approximate surface area is 145 Å². The highest BCUT2D eigenvalue weighted by Gasteiger charge is 2.14. The molecule has 6 nitrogen and oxygen atoms in total. The van der Waals surface area contributed by atoms with E-state index in [1.807, 2.05) is 38.1 Å². The van der Waals surface area contributed by atoms with Crippen molar-refractivity contribution < 1.29 is 14.1 Å². The molecule has 1 amide bonds. The Morgan fingerprint density at radius 1 is 1.16 bits per heavy atom. The molecule has 0 atom stereocenters. The zero-order valence-electron chi connectivity index (χ0n) is 14.2. The van der Waals surface area contributed by atoms with Crippen molar-refractivity contribution in [2.24, 2.45) is 0 Å². The molecule has 0 aliphatic rings. The number of pyridine rings is 1. The molecule has 0 bridgehead atoms. The minimum absolute atomic E-state index is 0.189. The lowest BCUT2D eigenvalue weighted by Crippen LogP contribution is -2.23. The summed E-state index contributed by atoms with van der Waals surface area (Å²) in [6.07, 6.45) is 3.39. The molecule has 0 aliphatic carbocycles. The van der Waals surface area contributed by atoms with Crippen molar-refractivity contribution in [1.82, 2.24) is 15.5 Å². The number of para-hydroxylation sites is 1. The zero-order valence-corrected chi connectivity index (χ0v) is 14.2. The van der Waals surface area contributed by atoms with Crippen LogP contribution < -0.4 is 10.1 Å². The van der Waals surface area contributed by atoms with Crippen molar-refractivity contribution in [2.75, 3.05) is 0 Å². The lowest BCUT2D eigenvalue weighted by atomic mass is 10.1. The molecule has 3 rings (SSSR count). The van der Waals surface area contributed by atoms with Gasteiger partial charge in [0.2, 0.25) is 0 Å². The van der Waals surface area contributed by atoms with E-state index in [0.717, 1.165) is 22.6 Å². The number of benzene rings is 1. The first kappa shape index (κ1) is 16.7. The summed E-state index contributed by atoms with van der Waals surface area (Å²) >= 11 is 0. The maximum absolute atomic E-state index is 12.5. The Morgan fingerprint density at radius 3 is 2.64 bits per heavy atom. The fourth-order valence-electron chi connectivity index (χ4n) is 2.42. The van der Waals surface area contributed by atoms with Crippen LogP contribution in [-0.4, -0.2) is 16.0 Å². The molecule has 25 heavy (non-hydrogen) atoms. The van der Waals surface area contributed by atoms with E-state index in [1.165, 1.54) is 0 Å². The summed E-state index contributed by atoms with van der Waals surface area (Å²) in [7, 11) is 0. The summed E-state index contributed by atoms with van der Waals surface area (Å²) in [6.45, 7) is 4.43. The molecule has 0 saturated carbocycles. The molecule has 2 heterocycles. The van der Waals surface area contributed by atoms with E-state index in [9.17, 15) is 4.79 Å². The Morgan fingerprint density at radius 2 is 1.92 bits per heavy atom. The molecule has 1 aromatic carbocycles. The summed E-state index contributed by atoms with van der Waals surface area (Å²) in [4.78, 5) is 16.5. The van der Waals surface area contributed by atoms with Crippen LogP contribution in [0.1, 0.15) is 32.9 Å². The second kappa shape index (κ2) is 7.61. The van der Waals surface area contributed by atoms with Crippen LogP contribution in [0, 0.1) is 13.8 Å². The molecule has 0 aliphatic heterocycles. The molecule has 0 fully saturated rings. The van der Waals surface area contributed by atoms with Gasteiger partial charge in [0.25, 0.3) is 5.91 Å². The summed E-state index contributed by atoms with van der Waals surface area (Å²) in [5.41, 5.74) is 3.16. The third-order valence-corrected chi connectivity index (χ3v) is 3.89. The first-order chi connectivity index (χ1) is 12.1. The number of ether oxygens (including phenoxy) is 1. The maximum Gasteiger partial charge on any atom is 0.255 e. The van der Waals surface area contributed by atoms with Crippen molar-refractivity contribution in [3.63, 3.8) is 0 Å². The number of nitrogens with zero attached hydrogens (tertiary/aromatic N) is 2. The van der Waals surface area contributed by atoms with Gasteiger partial charge in [-0.15, -0.1) is 0 Å². The first-order valence-electron chi connectivity index (χ1n) is 7.96. The lowest BCUT2D eigenvalue weighted by Gasteiger charge is -2.11. The van der Waals surface area contributed by atoms with E-state index in [4.69, 9.17) is 9.26 Å². The predicted molar refractivity (Wildman–Crippen MR) is 92.2 cm³/mol. The normalized spacial score (nSPS) is 10.5. The molecule has 3 aromatic rings. The highest BCUT2D eigenvalue weighted by Crippen LogP contribution is 2.21. The third-order valence-electron chi connectivity index (χ3n) is 3.89. The van der Waals surface area contributed by atoms with Gasteiger partial charge in [0.15, 0.2) is 0 Å². The number of rotatable bonds is 6. The van der Waals surface area contributed by atoms with E-state index in [2.05, 4.69) is 15.5 Å². The van der Waals surface area contributed by atoms with Gasteiger partial charge in [0, 0.05) is 18.9 Å².